The molecule has 1 amide bonds. The second-order valence-electron chi connectivity index (χ2n) is 6.10. The van der Waals surface area contributed by atoms with E-state index < -0.39 is 36.8 Å². The maximum atomic E-state index is 13.9. The predicted molar refractivity (Wildman–Crippen MR) is 85.9 cm³/mol. The summed E-state index contributed by atoms with van der Waals surface area (Å²) >= 11 is 0. The van der Waals surface area contributed by atoms with E-state index in [9.17, 15) is 19.1 Å². The lowest BCUT2D eigenvalue weighted by atomic mass is 10.1. The second kappa shape index (κ2) is 7.05. The molecule has 4 N–H and O–H groups in total. The Bertz CT molecular complexity index is 869. The number of carbonyl (C=O) groups is 1. The van der Waals surface area contributed by atoms with Gasteiger partial charge in [-0.1, -0.05) is 19.1 Å². The van der Waals surface area contributed by atoms with Crippen molar-refractivity contribution >= 4 is 23.0 Å². The molecule has 3 rings (SSSR count). The highest BCUT2D eigenvalue weighted by Crippen LogP contribution is 2.31. The van der Waals surface area contributed by atoms with Gasteiger partial charge in [0, 0.05) is 5.92 Å². The number of hydrogen-bond donors (Lipinski definition) is 4. The third-order valence-corrected chi connectivity index (χ3v) is 4.34. The van der Waals surface area contributed by atoms with Crippen molar-refractivity contribution < 1.29 is 24.1 Å². The molecule has 1 aliphatic heterocycles. The second-order valence-corrected chi connectivity index (χ2v) is 6.10. The Kier molecular flexibility index (Phi) is 4.98. The first kappa shape index (κ1) is 18.4. The minimum atomic E-state index is -1.84. The van der Waals surface area contributed by atoms with Crippen LogP contribution in [-0.4, -0.2) is 66.1 Å². The zero-order valence-electron chi connectivity index (χ0n) is 14.1. The molecule has 0 bridgehead atoms. The van der Waals surface area contributed by atoms with E-state index in [0.717, 1.165) is 4.68 Å². The lowest BCUT2D eigenvalue weighted by molar-refractivity contribution is -0.119. The monoisotopic (exact) mass is 370 g/mol. The summed E-state index contributed by atoms with van der Waals surface area (Å²) in [5.74, 6) is -0.758. The number of fused-ring (bicyclic) bond motifs is 1. The normalized spacial score (nSPS) is 27.0. The molecule has 11 nitrogen and oxygen atoms in total. The largest absolute Gasteiger partial charge is 0.394 e. The van der Waals surface area contributed by atoms with Gasteiger partial charge >= 0.3 is 0 Å². The molecule has 1 fully saturated rings. The molecule has 0 radical (unpaired) electrons. The number of carbonyl (C=O) groups excluding carboxylic acids is 1. The lowest BCUT2D eigenvalue weighted by Crippen LogP contribution is -2.30. The van der Waals surface area contributed by atoms with Gasteiger partial charge in [-0.15, -0.1) is 5.10 Å². The summed E-state index contributed by atoms with van der Waals surface area (Å²) in [6.45, 7) is 2.93. The first-order valence-corrected chi connectivity index (χ1v) is 8.11. The zero-order chi connectivity index (χ0) is 19.0. The van der Waals surface area contributed by atoms with E-state index in [2.05, 4.69) is 25.6 Å². The van der Waals surface area contributed by atoms with E-state index in [-0.39, 0.29) is 28.9 Å². The van der Waals surface area contributed by atoms with Crippen LogP contribution in [0.3, 0.4) is 0 Å². The molecule has 1 aliphatic rings. The molecule has 0 aromatic carbocycles. The Morgan fingerprint density at radius 1 is 1.54 bits per heavy atom. The van der Waals surface area contributed by atoms with Crippen molar-refractivity contribution in [2.24, 2.45) is 5.92 Å². The van der Waals surface area contributed by atoms with Crippen LogP contribution in [0.1, 0.15) is 26.5 Å². The molecule has 12 heteroatoms. The molecule has 5 atom stereocenters. The molecule has 2 aromatic heterocycles. The Morgan fingerprint density at radius 3 is 2.88 bits per heavy atom. The molecule has 3 heterocycles. The fourth-order valence-electron chi connectivity index (χ4n) is 2.55. The molecule has 1 unspecified atom stereocenters. The number of alkyl halides is 1. The third kappa shape index (κ3) is 3.06. The fraction of sp³-hybridized carbons (Fsp3) is 0.643. The van der Waals surface area contributed by atoms with Gasteiger partial charge in [-0.05, 0) is 6.42 Å². The van der Waals surface area contributed by atoms with Gasteiger partial charge in [0.2, 0.25) is 11.9 Å². The summed E-state index contributed by atoms with van der Waals surface area (Å²) in [5.41, 5.74) is -0.920. The summed E-state index contributed by atoms with van der Waals surface area (Å²) in [5, 5.41) is 28.9. The maximum absolute atomic E-state index is 13.9. The average Bonchev–Trinajstić information content (AvgIpc) is 3.16. The van der Waals surface area contributed by atoms with Crippen molar-refractivity contribution in [3.8, 4) is 0 Å². The van der Waals surface area contributed by atoms with Crippen LogP contribution in [0.5, 0.6) is 0 Å². The SMILES string of the molecule is CCC(C)C(=O)Nc1nc2c(nnn2[C@@H]2O[C@H](CO)[C@@H](F)[C@H]2O)c(=O)[nH]1. The number of aromatic amines is 1. The molecular weight excluding hydrogens is 351 g/mol. The molecule has 0 saturated carbocycles. The third-order valence-electron chi connectivity index (χ3n) is 4.34. The minimum absolute atomic E-state index is 0.0944. The van der Waals surface area contributed by atoms with Crippen LogP contribution in [-0.2, 0) is 9.53 Å². The van der Waals surface area contributed by atoms with Crippen molar-refractivity contribution in [3.05, 3.63) is 10.4 Å². The average molecular weight is 370 g/mol. The highest BCUT2D eigenvalue weighted by molar-refractivity contribution is 5.91. The topological polar surface area (TPSA) is 155 Å². The van der Waals surface area contributed by atoms with Crippen molar-refractivity contribution in [2.75, 3.05) is 11.9 Å². The van der Waals surface area contributed by atoms with E-state index in [1.807, 2.05) is 6.92 Å². The van der Waals surface area contributed by atoms with Crippen molar-refractivity contribution in [2.45, 2.75) is 44.9 Å². The number of ether oxygens (including phenoxy) is 1. The van der Waals surface area contributed by atoms with Crippen LogP contribution < -0.4 is 10.9 Å². The first-order chi connectivity index (χ1) is 12.4. The number of halogens is 1. The maximum Gasteiger partial charge on any atom is 0.282 e. The van der Waals surface area contributed by atoms with Crippen molar-refractivity contribution in [1.82, 2.24) is 25.0 Å². The lowest BCUT2D eigenvalue weighted by Gasteiger charge is -2.14. The number of aliphatic hydroxyl groups is 2. The number of aliphatic hydroxyl groups excluding tert-OH is 2. The van der Waals surface area contributed by atoms with Gasteiger partial charge in [-0.25, -0.2) is 4.39 Å². The molecule has 2 aromatic rings. The van der Waals surface area contributed by atoms with Crippen LogP contribution in [0.4, 0.5) is 10.3 Å². The van der Waals surface area contributed by atoms with Gasteiger partial charge in [0.1, 0.15) is 12.2 Å². The number of nitrogens with zero attached hydrogens (tertiary/aromatic N) is 4. The van der Waals surface area contributed by atoms with E-state index >= 15 is 0 Å². The van der Waals surface area contributed by atoms with Gasteiger partial charge in [0.15, 0.2) is 23.6 Å². The Balaban J connectivity index is 1.98. The van der Waals surface area contributed by atoms with Crippen LogP contribution >= 0.6 is 0 Å². The molecular formula is C14H19FN6O5. The van der Waals surface area contributed by atoms with Crippen LogP contribution in [0.2, 0.25) is 0 Å². The molecule has 142 valence electrons. The van der Waals surface area contributed by atoms with E-state index in [4.69, 9.17) is 9.84 Å². The van der Waals surface area contributed by atoms with E-state index in [0.29, 0.717) is 6.42 Å². The van der Waals surface area contributed by atoms with Gasteiger partial charge in [-0.3, -0.25) is 19.9 Å². The van der Waals surface area contributed by atoms with Crippen LogP contribution in [0.25, 0.3) is 11.2 Å². The molecule has 0 aliphatic carbocycles. The number of anilines is 1. The number of rotatable bonds is 5. The fourth-order valence-corrected chi connectivity index (χ4v) is 2.55. The number of H-pyrrole nitrogens is 1. The number of nitrogens with one attached hydrogen (secondary N) is 2. The highest BCUT2D eigenvalue weighted by atomic mass is 19.1. The Hall–Kier alpha value is -2.44. The zero-order valence-corrected chi connectivity index (χ0v) is 14.1. The van der Waals surface area contributed by atoms with Gasteiger partial charge < -0.3 is 14.9 Å². The molecule has 26 heavy (non-hydrogen) atoms. The number of hydrogen-bond acceptors (Lipinski definition) is 8. The first-order valence-electron chi connectivity index (χ1n) is 8.11. The summed E-state index contributed by atoms with van der Waals surface area (Å²) in [6, 6.07) is 0. The number of amides is 1. The van der Waals surface area contributed by atoms with Crippen molar-refractivity contribution in [1.29, 1.82) is 0 Å². The van der Waals surface area contributed by atoms with E-state index in [1.54, 1.807) is 6.92 Å². The minimum Gasteiger partial charge on any atom is -0.394 e. The Labute approximate surface area is 146 Å². The van der Waals surface area contributed by atoms with Crippen LogP contribution in [0.15, 0.2) is 4.79 Å². The Morgan fingerprint density at radius 2 is 2.27 bits per heavy atom. The standard InChI is InChI=1S/C14H19FN6O5/c1-3-5(2)11(24)17-14-16-10-8(12(25)18-14)19-20-21(10)13-9(23)7(15)6(4-22)26-13/h5-7,9,13,22-23H,3-4H2,1-2H3,(H2,16,17,18,24,25)/t5?,6-,7-,9-,13-/m1/s1. The van der Waals surface area contributed by atoms with Crippen LogP contribution in [0, 0.1) is 5.92 Å². The smallest absolute Gasteiger partial charge is 0.282 e. The summed E-state index contributed by atoms with van der Waals surface area (Å²) in [4.78, 5) is 30.6. The summed E-state index contributed by atoms with van der Waals surface area (Å²) in [6.07, 6.45) is -5.42. The van der Waals surface area contributed by atoms with Gasteiger partial charge in [0.25, 0.3) is 5.56 Å². The predicted octanol–water partition coefficient (Wildman–Crippen LogP) is -0.912. The number of aromatic nitrogens is 5. The van der Waals surface area contributed by atoms with Gasteiger partial charge in [0.05, 0.1) is 6.61 Å². The molecule has 1 saturated heterocycles. The quantitative estimate of drug-likeness (QED) is 0.527. The van der Waals surface area contributed by atoms with E-state index in [1.165, 1.54) is 0 Å². The molecule has 0 spiro atoms. The summed E-state index contributed by atoms with van der Waals surface area (Å²) < 4.78 is 20.1. The van der Waals surface area contributed by atoms with Gasteiger partial charge in [-0.2, -0.15) is 9.67 Å². The van der Waals surface area contributed by atoms with Crippen molar-refractivity contribution in [3.63, 3.8) is 0 Å². The highest BCUT2D eigenvalue weighted by Gasteiger charge is 2.46. The summed E-state index contributed by atoms with van der Waals surface area (Å²) in [7, 11) is 0.